The predicted molar refractivity (Wildman–Crippen MR) is 147 cm³/mol. The number of nitrogens with one attached hydrogen (secondary N) is 2. The molecular formula is C27H38N6OS. The quantitative estimate of drug-likeness (QED) is 0.375. The molecule has 2 heterocycles. The van der Waals surface area contributed by atoms with Crippen molar-refractivity contribution in [1.82, 2.24) is 19.9 Å². The van der Waals surface area contributed by atoms with Crippen LogP contribution in [0, 0.1) is 0 Å². The molecule has 1 aromatic carbocycles. The Labute approximate surface area is 212 Å². The Morgan fingerprint density at radius 3 is 2.63 bits per heavy atom. The van der Waals surface area contributed by atoms with Gasteiger partial charge in [-0.2, -0.15) is 4.52 Å². The third-order valence-electron chi connectivity index (χ3n) is 6.18. The molecule has 35 heavy (non-hydrogen) atoms. The molecule has 0 unspecified atom stereocenters. The van der Waals surface area contributed by atoms with Crippen molar-refractivity contribution in [1.29, 1.82) is 0 Å². The van der Waals surface area contributed by atoms with E-state index in [-0.39, 0.29) is 18.0 Å². The number of benzene rings is 1. The van der Waals surface area contributed by atoms with Gasteiger partial charge in [-0.05, 0) is 64.9 Å². The van der Waals surface area contributed by atoms with Gasteiger partial charge in [0.05, 0.1) is 6.54 Å². The average Bonchev–Trinajstić information content (AvgIpc) is 3.38. The summed E-state index contributed by atoms with van der Waals surface area (Å²) in [6.07, 6.45) is 9.20. The van der Waals surface area contributed by atoms with Gasteiger partial charge in [-0.3, -0.25) is 4.79 Å². The Hall–Kier alpha value is -2.87. The van der Waals surface area contributed by atoms with Crippen molar-refractivity contribution >= 4 is 33.2 Å². The maximum absolute atomic E-state index is 12.5. The smallest absolute Gasteiger partial charge is 0.239 e. The molecule has 0 spiro atoms. The number of likely N-dealkylation sites (N-methyl/N-ethyl adjacent to an activating group) is 1. The van der Waals surface area contributed by atoms with E-state index in [9.17, 15) is 4.79 Å². The highest BCUT2D eigenvalue weighted by Crippen LogP contribution is 2.34. The Kier molecular flexibility index (Phi) is 7.79. The molecule has 3 aromatic rings. The van der Waals surface area contributed by atoms with Crippen LogP contribution in [0.1, 0.15) is 65.4 Å². The summed E-state index contributed by atoms with van der Waals surface area (Å²) in [5.74, 6) is 0.888. The monoisotopic (exact) mass is 494 g/mol. The van der Waals surface area contributed by atoms with Gasteiger partial charge >= 0.3 is 0 Å². The van der Waals surface area contributed by atoms with E-state index in [2.05, 4.69) is 68.7 Å². The number of allylic oxidation sites excluding steroid dienone is 1. The SMILES string of the molecule is CCc1ccc(-c2nc3sc(N(C)CC(=O)NCCC4=CCCCC4)nn3c2NC(C)(C)C)cc1. The first-order valence-corrected chi connectivity index (χ1v) is 13.5. The van der Waals surface area contributed by atoms with E-state index in [0.717, 1.165) is 40.0 Å². The van der Waals surface area contributed by atoms with Crippen molar-refractivity contribution < 1.29 is 4.79 Å². The van der Waals surface area contributed by atoms with Gasteiger partial charge in [-0.15, -0.1) is 5.10 Å². The fourth-order valence-electron chi connectivity index (χ4n) is 4.29. The van der Waals surface area contributed by atoms with E-state index in [1.165, 1.54) is 48.2 Å². The van der Waals surface area contributed by atoms with Crippen LogP contribution in [0.4, 0.5) is 10.9 Å². The van der Waals surface area contributed by atoms with Crippen LogP contribution in [0.15, 0.2) is 35.9 Å². The summed E-state index contributed by atoms with van der Waals surface area (Å²) in [5, 5.41) is 12.3. The fraction of sp³-hybridized carbons (Fsp3) is 0.519. The first-order valence-electron chi connectivity index (χ1n) is 12.7. The summed E-state index contributed by atoms with van der Waals surface area (Å²) >= 11 is 1.49. The molecule has 0 atom stereocenters. The lowest BCUT2D eigenvalue weighted by molar-refractivity contribution is -0.119. The Balaban J connectivity index is 1.48. The van der Waals surface area contributed by atoms with Crippen LogP contribution in [-0.4, -0.2) is 46.2 Å². The third kappa shape index (κ3) is 6.42. The molecule has 4 rings (SSSR count). The molecule has 0 saturated heterocycles. The summed E-state index contributed by atoms with van der Waals surface area (Å²) < 4.78 is 1.87. The van der Waals surface area contributed by atoms with Crippen molar-refractivity contribution in [3.05, 3.63) is 41.5 Å². The number of hydrogen-bond donors (Lipinski definition) is 2. The van der Waals surface area contributed by atoms with Gasteiger partial charge in [-0.25, -0.2) is 4.98 Å². The minimum Gasteiger partial charge on any atom is -0.364 e. The summed E-state index contributed by atoms with van der Waals surface area (Å²) in [5.41, 5.74) is 4.58. The van der Waals surface area contributed by atoms with Crippen molar-refractivity contribution in [2.75, 3.05) is 30.4 Å². The van der Waals surface area contributed by atoms with Crippen LogP contribution >= 0.6 is 11.3 Å². The molecule has 2 N–H and O–H groups in total. The number of amides is 1. The average molecular weight is 495 g/mol. The number of carbonyl (C=O) groups excluding carboxylic acids is 1. The van der Waals surface area contributed by atoms with Gasteiger partial charge in [-0.1, -0.05) is 54.2 Å². The molecule has 1 aliphatic rings. The first kappa shape index (κ1) is 25.2. The number of hydrogen-bond acceptors (Lipinski definition) is 6. The molecular weight excluding hydrogens is 456 g/mol. The molecule has 0 bridgehead atoms. The largest absolute Gasteiger partial charge is 0.364 e. The second-order valence-corrected chi connectivity index (χ2v) is 11.3. The number of carbonyl (C=O) groups is 1. The molecule has 0 saturated carbocycles. The van der Waals surface area contributed by atoms with E-state index in [1.54, 1.807) is 0 Å². The molecule has 0 radical (unpaired) electrons. The van der Waals surface area contributed by atoms with Gasteiger partial charge in [0.1, 0.15) is 5.69 Å². The van der Waals surface area contributed by atoms with Gasteiger partial charge in [0.15, 0.2) is 5.82 Å². The zero-order valence-electron chi connectivity index (χ0n) is 21.6. The molecule has 2 aromatic heterocycles. The number of nitrogens with zero attached hydrogens (tertiary/aromatic N) is 4. The number of anilines is 2. The molecule has 0 aliphatic heterocycles. The highest BCUT2D eigenvalue weighted by molar-refractivity contribution is 7.20. The lowest BCUT2D eigenvalue weighted by Gasteiger charge is -2.22. The lowest BCUT2D eigenvalue weighted by atomic mass is 9.97. The van der Waals surface area contributed by atoms with E-state index in [1.807, 2.05) is 16.5 Å². The van der Waals surface area contributed by atoms with Crippen molar-refractivity contribution in [3.63, 3.8) is 0 Å². The third-order valence-corrected chi connectivity index (χ3v) is 7.21. The van der Waals surface area contributed by atoms with Crippen LogP contribution in [0.3, 0.4) is 0 Å². The van der Waals surface area contributed by atoms with Crippen LogP contribution < -0.4 is 15.5 Å². The van der Waals surface area contributed by atoms with E-state index in [4.69, 9.17) is 10.1 Å². The van der Waals surface area contributed by atoms with E-state index >= 15 is 0 Å². The number of fused-ring (bicyclic) bond motifs is 1. The normalized spacial score (nSPS) is 14.1. The highest BCUT2D eigenvalue weighted by Gasteiger charge is 2.23. The molecule has 1 amide bonds. The summed E-state index contributed by atoms with van der Waals surface area (Å²) in [7, 11) is 1.91. The fourth-order valence-corrected chi connectivity index (χ4v) is 5.15. The van der Waals surface area contributed by atoms with E-state index in [0.29, 0.717) is 6.54 Å². The van der Waals surface area contributed by atoms with E-state index < -0.39 is 0 Å². The van der Waals surface area contributed by atoms with Gasteiger partial charge in [0, 0.05) is 24.7 Å². The summed E-state index contributed by atoms with van der Waals surface area (Å²) in [6, 6.07) is 8.55. The van der Waals surface area contributed by atoms with Crippen LogP contribution in [0.5, 0.6) is 0 Å². The molecule has 0 fully saturated rings. The standard InChI is InChI=1S/C27H38N6OS/c1-6-19-12-14-21(15-13-19)23-24(30-27(2,3)4)33-25(29-23)35-26(31-33)32(5)18-22(34)28-17-16-20-10-8-7-9-11-20/h10,12-15,30H,6-9,11,16-18H2,1-5H3,(H,28,34). The Morgan fingerprint density at radius 2 is 1.97 bits per heavy atom. The van der Waals surface area contributed by atoms with Crippen molar-refractivity contribution in [2.45, 2.75) is 71.8 Å². The second kappa shape index (κ2) is 10.8. The number of rotatable bonds is 9. The lowest BCUT2D eigenvalue weighted by Crippen LogP contribution is -2.35. The molecule has 188 valence electrons. The van der Waals surface area contributed by atoms with Crippen molar-refractivity contribution in [3.8, 4) is 11.3 Å². The Bertz CT molecular complexity index is 1180. The number of imidazole rings is 1. The van der Waals surface area contributed by atoms with Gasteiger partial charge < -0.3 is 15.5 Å². The topological polar surface area (TPSA) is 74.6 Å². The van der Waals surface area contributed by atoms with Crippen LogP contribution in [0.25, 0.3) is 16.2 Å². The highest BCUT2D eigenvalue weighted by atomic mass is 32.1. The Morgan fingerprint density at radius 1 is 1.20 bits per heavy atom. The minimum atomic E-state index is -0.155. The summed E-state index contributed by atoms with van der Waals surface area (Å²) in [4.78, 5) is 20.2. The maximum Gasteiger partial charge on any atom is 0.239 e. The number of aromatic nitrogens is 3. The molecule has 1 aliphatic carbocycles. The van der Waals surface area contributed by atoms with Crippen molar-refractivity contribution in [2.24, 2.45) is 0 Å². The van der Waals surface area contributed by atoms with Crippen LogP contribution in [-0.2, 0) is 11.2 Å². The summed E-state index contributed by atoms with van der Waals surface area (Å²) in [6.45, 7) is 9.50. The molecule has 8 heteroatoms. The zero-order chi connectivity index (χ0) is 25.0. The first-order chi connectivity index (χ1) is 16.7. The molecule has 7 nitrogen and oxygen atoms in total. The maximum atomic E-state index is 12.5. The zero-order valence-corrected chi connectivity index (χ0v) is 22.5. The number of aryl methyl sites for hydroxylation is 1. The second-order valence-electron chi connectivity index (χ2n) is 10.4. The van der Waals surface area contributed by atoms with Gasteiger partial charge in [0.2, 0.25) is 16.0 Å². The predicted octanol–water partition coefficient (Wildman–Crippen LogP) is 5.67. The van der Waals surface area contributed by atoms with Crippen LogP contribution in [0.2, 0.25) is 0 Å². The minimum absolute atomic E-state index is 0.0153. The van der Waals surface area contributed by atoms with Gasteiger partial charge in [0.25, 0.3) is 0 Å².